The number of sulfonamides is 1. The van der Waals surface area contributed by atoms with Gasteiger partial charge < -0.3 is 9.47 Å². The second-order valence-electron chi connectivity index (χ2n) is 5.80. The molecule has 25 heavy (non-hydrogen) atoms. The molecule has 0 N–H and O–H groups in total. The molecule has 0 amide bonds. The largest absolute Gasteiger partial charge is 0.480 e. The molecule has 7 nitrogen and oxygen atoms in total. The summed E-state index contributed by atoms with van der Waals surface area (Å²) >= 11 is 0. The van der Waals surface area contributed by atoms with Crippen molar-refractivity contribution in [2.45, 2.75) is 30.8 Å². The summed E-state index contributed by atoms with van der Waals surface area (Å²) < 4.78 is 37.6. The summed E-state index contributed by atoms with van der Waals surface area (Å²) in [6.07, 6.45) is 1.25. The Balaban J connectivity index is 1.66. The van der Waals surface area contributed by atoms with Crippen LogP contribution < -0.4 is 9.47 Å². The van der Waals surface area contributed by atoms with Crippen LogP contribution in [0.1, 0.15) is 18.9 Å². The average molecular weight is 363 g/mol. The summed E-state index contributed by atoms with van der Waals surface area (Å²) in [5.41, 5.74) is 1.11. The number of hydrogen-bond acceptors (Lipinski definition) is 6. The fraction of sp³-hybridized carbons (Fsp3) is 0.412. The number of hydrogen-bond donors (Lipinski definition) is 0. The zero-order valence-corrected chi connectivity index (χ0v) is 15.1. The minimum absolute atomic E-state index is 0.243. The van der Waals surface area contributed by atoms with Crippen molar-refractivity contribution in [1.82, 2.24) is 14.5 Å². The average Bonchev–Trinajstić information content (AvgIpc) is 3.12. The Hall–Kier alpha value is -2.19. The maximum Gasteiger partial charge on any atom is 0.243 e. The highest BCUT2D eigenvalue weighted by atomic mass is 32.2. The van der Waals surface area contributed by atoms with Gasteiger partial charge in [0.15, 0.2) is 0 Å². The molecule has 0 saturated carbocycles. The van der Waals surface area contributed by atoms with Crippen LogP contribution in [0.4, 0.5) is 0 Å². The van der Waals surface area contributed by atoms with Crippen molar-refractivity contribution in [2.75, 3.05) is 20.2 Å². The fourth-order valence-corrected chi connectivity index (χ4v) is 4.20. The van der Waals surface area contributed by atoms with Gasteiger partial charge in [-0.25, -0.2) is 8.42 Å². The molecule has 1 aromatic heterocycles. The first-order chi connectivity index (χ1) is 12.0. The van der Waals surface area contributed by atoms with Gasteiger partial charge in [-0.2, -0.15) is 4.31 Å². The third-order valence-corrected chi connectivity index (χ3v) is 6.07. The van der Waals surface area contributed by atoms with Gasteiger partial charge in [0.25, 0.3) is 0 Å². The van der Waals surface area contributed by atoms with Crippen molar-refractivity contribution in [3.05, 3.63) is 42.0 Å². The van der Waals surface area contributed by atoms with E-state index in [0.29, 0.717) is 36.2 Å². The van der Waals surface area contributed by atoms with Gasteiger partial charge in [-0.05, 0) is 30.5 Å². The number of aryl methyl sites for hydroxylation is 1. The van der Waals surface area contributed by atoms with E-state index in [0.717, 1.165) is 12.0 Å². The van der Waals surface area contributed by atoms with Crippen LogP contribution in [-0.4, -0.2) is 49.2 Å². The normalized spacial score (nSPS) is 18.2. The van der Waals surface area contributed by atoms with Crippen molar-refractivity contribution < 1.29 is 17.9 Å². The third-order valence-electron chi connectivity index (χ3n) is 4.19. The quantitative estimate of drug-likeness (QED) is 0.780. The van der Waals surface area contributed by atoms with E-state index in [9.17, 15) is 8.42 Å². The van der Waals surface area contributed by atoms with Crippen LogP contribution >= 0.6 is 0 Å². The zero-order valence-electron chi connectivity index (χ0n) is 14.3. The van der Waals surface area contributed by atoms with Crippen LogP contribution in [0.2, 0.25) is 0 Å². The molecule has 1 saturated heterocycles. The van der Waals surface area contributed by atoms with Crippen LogP contribution in [0.3, 0.4) is 0 Å². The number of aromatic nitrogens is 2. The Morgan fingerprint density at radius 3 is 2.40 bits per heavy atom. The second-order valence-corrected chi connectivity index (χ2v) is 7.74. The number of ether oxygens (including phenoxy) is 2. The molecule has 2 aromatic rings. The predicted molar refractivity (Wildman–Crippen MR) is 92.2 cm³/mol. The Morgan fingerprint density at radius 1 is 1.12 bits per heavy atom. The summed E-state index contributed by atoms with van der Waals surface area (Å²) in [5, 5.41) is 7.75. The van der Waals surface area contributed by atoms with Crippen molar-refractivity contribution >= 4 is 10.0 Å². The summed E-state index contributed by atoms with van der Waals surface area (Å²) in [7, 11) is -1.99. The maximum atomic E-state index is 12.7. The lowest BCUT2D eigenvalue weighted by atomic mass is 10.2. The van der Waals surface area contributed by atoms with Crippen LogP contribution in [0.25, 0.3) is 0 Å². The molecule has 0 spiro atoms. The first kappa shape index (κ1) is 17.6. The lowest BCUT2D eigenvalue weighted by Crippen LogP contribution is -2.31. The molecule has 1 atom stereocenters. The SMILES string of the molecule is CCc1ccc(S(=O)(=O)N2CCC(Oc3ccc(OC)nn3)C2)cc1. The molecule has 3 rings (SSSR count). The van der Waals surface area contributed by atoms with Crippen molar-refractivity contribution in [3.63, 3.8) is 0 Å². The van der Waals surface area contributed by atoms with Crippen molar-refractivity contribution in [2.24, 2.45) is 0 Å². The molecular weight excluding hydrogens is 342 g/mol. The monoisotopic (exact) mass is 363 g/mol. The Morgan fingerprint density at radius 2 is 1.80 bits per heavy atom. The van der Waals surface area contributed by atoms with E-state index in [-0.39, 0.29) is 6.10 Å². The van der Waals surface area contributed by atoms with Gasteiger partial charge in [0.05, 0.1) is 18.6 Å². The molecule has 2 heterocycles. The van der Waals surface area contributed by atoms with Crippen LogP contribution in [-0.2, 0) is 16.4 Å². The molecule has 8 heteroatoms. The van der Waals surface area contributed by atoms with E-state index in [1.54, 1.807) is 24.3 Å². The van der Waals surface area contributed by atoms with E-state index in [4.69, 9.17) is 9.47 Å². The summed E-state index contributed by atoms with van der Waals surface area (Å²) in [5.74, 6) is 0.760. The van der Waals surface area contributed by atoms with E-state index in [1.165, 1.54) is 11.4 Å². The number of methoxy groups -OCH3 is 1. The molecule has 1 aliphatic rings. The van der Waals surface area contributed by atoms with E-state index in [1.807, 2.05) is 19.1 Å². The molecule has 0 radical (unpaired) electrons. The van der Waals surface area contributed by atoms with E-state index < -0.39 is 10.0 Å². The van der Waals surface area contributed by atoms with E-state index in [2.05, 4.69) is 10.2 Å². The van der Waals surface area contributed by atoms with Crippen LogP contribution in [0.5, 0.6) is 11.8 Å². The highest BCUT2D eigenvalue weighted by molar-refractivity contribution is 7.89. The standard InChI is InChI=1S/C17H21N3O4S/c1-3-13-4-6-15(7-5-13)25(21,22)20-11-10-14(12-20)24-17-9-8-16(23-2)18-19-17/h4-9,14H,3,10-12H2,1-2H3. The Bertz CT molecular complexity index is 807. The van der Waals surface area contributed by atoms with Gasteiger partial charge >= 0.3 is 0 Å². The van der Waals surface area contributed by atoms with Gasteiger partial charge in [-0.15, -0.1) is 10.2 Å². The summed E-state index contributed by atoms with van der Waals surface area (Å²) in [6.45, 7) is 2.76. The smallest absolute Gasteiger partial charge is 0.243 e. The fourth-order valence-electron chi connectivity index (χ4n) is 2.71. The van der Waals surface area contributed by atoms with Crippen molar-refractivity contribution in [1.29, 1.82) is 0 Å². The highest BCUT2D eigenvalue weighted by Crippen LogP contribution is 2.24. The maximum absolute atomic E-state index is 12.7. The topological polar surface area (TPSA) is 81.6 Å². The van der Waals surface area contributed by atoms with Crippen LogP contribution in [0.15, 0.2) is 41.3 Å². The molecular formula is C17H21N3O4S. The number of rotatable bonds is 6. The molecule has 0 bridgehead atoms. The third kappa shape index (κ3) is 3.91. The lowest BCUT2D eigenvalue weighted by Gasteiger charge is -2.17. The predicted octanol–water partition coefficient (Wildman–Crippen LogP) is 1.89. The summed E-state index contributed by atoms with van der Waals surface area (Å²) in [6, 6.07) is 10.3. The molecule has 1 fully saturated rings. The minimum Gasteiger partial charge on any atom is -0.480 e. The summed E-state index contributed by atoms with van der Waals surface area (Å²) in [4.78, 5) is 0.314. The van der Waals surface area contributed by atoms with Crippen molar-refractivity contribution in [3.8, 4) is 11.8 Å². The molecule has 1 aliphatic heterocycles. The van der Waals surface area contributed by atoms with Gasteiger partial charge in [0, 0.05) is 18.7 Å². The highest BCUT2D eigenvalue weighted by Gasteiger charge is 2.33. The zero-order chi connectivity index (χ0) is 17.9. The number of benzene rings is 1. The molecule has 0 aliphatic carbocycles. The molecule has 134 valence electrons. The molecule has 1 aromatic carbocycles. The Labute approximate surface area is 147 Å². The minimum atomic E-state index is -3.50. The van der Waals surface area contributed by atoms with Gasteiger partial charge in [-0.3, -0.25) is 0 Å². The lowest BCUT2D eigenvalue weighted by molar-refractivity contribution is 0.203. The van der Waals surface area contributed by atoms with Gasteiger partial charge in [0.2, 0.25) is 21.8 Å². The van der Waals surface area contributed by atoms with Crippen LogP contribution in [0, 0.1) is 0 Å². The Kier molecular flexibility index (Phi) is 5.19. The second kappa shape index (κ2) is 7.37. The first-order valence-corrected chi connectivity index (χ1v) is 9.60. The van der Waals surface area contributed by atoms with Gasteiger partial charge in [0.1, 0.15) is 6.10 Å². The van der Waals surface area contributed by atoms with Gasteiger partial charge in [-0.1, -0.05) is 19.1 Å². The first-order valence-electron chi connectivity index (χ1n) is 8.16. The van der Waals surface area contributed by atoms with E-state index >= 15 is 0 Å². The molecule has 1 unspecified atom stereocenters. The number of nitrogens with zero attached hydrogens (tertiary/aromatic N) is 3.